The van der Waals surface area contributed by atoms with Crippen LogP contribution in [0.25, 0.3) is 0 Å². The van der Waals surface area contributed by atoms with Crippen molar-refractivity contribution in [1.29, 1.82) is 5.26 Å². The molecule has 1 fully saturated rings. The minimum atomic E-state index is 0.512. The Balaban J connectivity index is 2.01. The Hall–Kier alpha value is -1.40. The van der Waals surface area contributed by atoms with Crippen molar-refractivity contribution in [2.24, 2.45) is 5.92 Å². The van der Waals surface area contributed by atoms with E-state index in [4.69, 9.17) is 5.26 Å². The minimum absolute atomic E-state index is 0.512. The van der Waals surface area contributed by atoms with Gasteiger partial charge in [0.2, 0.25) is 0 Å². The van der Waals surface area contributed by atoms with Gasteiger partial charge in [0.25, 0.3) is 0 Å². The van der Waals surface area contributed by atoms with E-state index < -0.39 is 0 Å². The first-order valence-electron chi connectivity index (χ1n) is 6.76. The lowest BCUT2D eigenvalue weighted by Gasteiger charge is -2.36. The molecule has 1 heterocycles. The molecule has 1 aliphatic carbocycles. The summed E-state index contributed by atoms with van der Waals surface area (Å²) in [5.74, 6) is 0.779. The lowest BCUT2D eigenvalue weighted by atomic mass is 9.85. The van der Waals surface area contributed by atoms with E-state index in [9.17, 15) is 0 Å². The van der Waals surface area contributed by atoms with Gasteiger partial charge in [0.05, 0.1) is 0 Å². The fourth-order valence-electron chi connectivity index (χ4n) is 2.99. The standard InChI is InChI=1S/C15H21N3/c1-12-5-3-4-6-15(12)18(2)11-13-7-8-17-14(9-13)10-16/h7-9,12,15H,3-6,11H2,1-2H3. The van der Waals surface area contributed by atoms with Crippen molar-refractivity contribution in [3.63, 3.8) is 0 Å². The first kappa shape index (κ1) is 13.0. The molecule has 0 spiro atoms. The smallest absolute Gasteiger partial charge is 0.140 e. The summed E-state index contributed by atoms with van der Waals surface area (Å²) in [4.78, 5) is 6.44. The van der Waals surface area contributed by atoms with Crippen molar-refractivity contribution in [3.8, 4) is 6.07 Å². The molecule has 3 nitrogen and oxygen atoms in total. The molecule has 0 aliphatic heterocycles. The van der Waals surface area contributed by atoms with Gasteiger partial charge in [-0.05, 0) is 43.5 Å². The lowest BCUT2D eigenvalue weighted by molar-refractivity contribution is 0.133. The van der Waals surface area contributed by atoms with Crippen LogP contribution < -0.4 is 0 Å². The first-order chi connectivity index (χ1) is 8.70. The molecule has 0 saturated heterocycles. The first-order valence-corrected chi connectivity index (χ1v) is 6.76. The maximum Gasteiger partial charge on any atom is 0.140 e. The van der Waals surface area contributed by atoms with Crippen LogP contribution in [0.2, 0.25) is 0 Å². The Morgan fingerprint density at radius 3 is 2.94 bits per heavy atom. The van der Waals surface area contributed by atoms with Gasteiger partial charge in [-0.15, -0.1) is 0 Å². The van der Waals surface area contributed by atoms with Gasteiger partial charge in [-0.2, -0.15) is 5.26 Å². The van der Waals surface area contributed by atoms with Gasteiger partial charge in [0.15, 0.2) is 0 Å². The molecule has 2 rings (SSSR count). The van der Waals surface area contributed by atoms with Crippen LogP contribution in [0, 0.1) is 17.2 Å². The van der Waals surface area contributed by atoms with Crippen molar-refractivity contribution in [2.45, 2.75) is 45.2 Å². The summed E-state index contributed by atoms with van der Waals surface area (Å²) in [6, 6.07) is 6.68. The Kier molecular flexibility index (Phi) is 4.33. The van der Waals surface area contributed by atoms with Gasteiger partial charge >= 0.3 is 0 Å². The van der Waals surface area contributed by atoms with E-state index in [2.05, 4.69) is 29.9 Å². The molecule has 18 heavy (non-hydrogen) atoms. The Morgan fingerprint density at radius 2 is 2.22 bits per heavy atom. The molecule has 2 unspecified atom stereocenters. The van der Waals surface area contributed by atoms with Gasteiger partial charge in [0.1, 0.15) is 11.8 Å². The highest BCUT2D eigenvalue weighted by Crippen LogP contribution is 2.28. The molecular formula is C15H21N3. The highest BCUT2D eigenvalue weighted by atomic mass is 15.1. The average Bonchev–Trinajstić information content (AvgIpc) is 2.39. The number of rotatable bonds is 3. The molecular weight excluding hydrogens is 222 g/mol. The van der Waals surface area contributed by atoms with Crippen LogP contribution in [-0.4, -0.2) is 23.0 Å². The van der Waals surface area contributed by atoms with Crippen molar-refractivity contribution in [1.82, 2.24) is 9.88 Å². The normalized spacial score (nSPS) is 23.9. The van der Waals surface area contributed by atoms with Gasteiger partial charge in [-0.3, -0.25) is 4.90 Å². The summed E-state index contributed by atoms with van der Waals surface area (Å²) in [6.07, 6.45) is 7.09. The fourth-order valence-corrected chi connectivity index (χ4v) is 2.99. The molecule has 0 bridgehead atoms. The second-order valence-corrected chi connectivity index (χ2v) is 5.41. The van der Waals surface area contributed by atoms with Crippen molar-refractivity contribution in [2.75, 3.05) is 7.05 Å². The number of aromatic nitrogens is 1. The SMILES string of the molecule is CC1CCCCC1N(C)Cc1ccnc(C#N)c1. The van der Waals surface area contributed by atoms with Crippen LogP contribution in [0.4, 0.5) is 0 Å². The van der Waals surface area contributed by atoms with E-state index in [0.717, 1.165) is 12.5 Å². The third-order valence-electron chi connectivity index (χ3n) is 4.00. The highest BCUT2D eigenvalue weighted by molar-refractivity contribution is 5.25. The highest BCUT2D eigenvalue weighted by Gasteiger charge is 2.24. The molecule has 0 N–H and O–H groups in total. The summed E-state index contributed by atoms with van der Waals surface area (Å²) < 4.78 is 0. The zero-order valence-corrected chi connectivity index (χ0v) is 11.3. The second kappa shape index (κ2) is 5.97. The number of hydrogen-bond donors (Lipinski definition) is 0. The monoisotopic (exact) mass is 243 g/mol. The molecule has 0 aromatic carbocycles. The van der Waals surface area contributed by atoms with E-state index in [-0.39, 0.29) is 0 Å². The van der Waals surface area contributed by atoms with Crippen molar-refractivity contribution in [3.05, 3.63) is 29.6 Å². The van der Waals surface area contributed by atoms with Crippen LogP contribution in [0.15, 0.2) is 18.3 Å². The number of nitrogens with zero attached hydrogens (tertiary/aromatic N) is 3. The van der Waals surface area contributed by atoms with Crippen LogP contribution in [0.1, 0.15) is 43.9 Å². The van der Waals surface area contributed by atoms with Gasteiger partial charge in [-0.1, -0.05) is 19.8 Å². The number of nitriles is 1. The number of pyridine rings is 1. The Labute approximate surface area is 109 Å². The van der Waals surface area contributed by atoms with Gasteiger partial charge in [-0.25, -0.2) is 4.98 Å². The predicted octanol–water partition coefficient (Wildman–Crippen LogP) is 2.96. The molecule has 96 valence electrons. The number of hydrogen-bond acceptors (Lipinski definition) is 3. The average molecular weight is 243 g/mol. The summed E-state index contributed by atoms with van der Waals surface area (Å²) >= 11 is 0. The maximum absolute atomic E-state index is 8.86. The Morgan fingerprint density at radius 1 is 1.44 bits per heavy atom. The minimum Gasteiger partial charge on any atom is -0.299 e. The summed E-state index contributed by atoms with van der Waals surface area (Å²) in [5.41, 5.74) is 1.69. The molecule has 2 atom stereocenters. The summed E-state index contributed by atoms with van der Waals surface area (Å²) in [6.45, 7) is 3.26. The van der Waals surface area contributed by atoms with E-state index in [1.165, 1.54) is 31.2 Å². The molecule has 3 heteroatoms. The van der Waals surface area contributed by atoms with Crippen molar-refractivity contribution >= 4 is 0 Å². The third-order valence-corrected chi connectivity index (χ3v) is 4.00. The quantitative estimate of drug-likeness (QED) is 0.819. The van der Waals surface area contributed by atoms with Gasteiger partial charge < -0.3 is 0 Å². The van der Waals surface area contributed by atoms with Crippen LogP contribution in [-0.2, 0) is 6.54 Å². The van der Waals surface area contributed by atoms with E-state index in [1.54, 1.807) is 6.20 Å². The zero-order chi connectivity index (χ0) is 13.0. The fraction of sp³-hybridized carbons (Fsp3) is 0.600. The molecule has 1 aromatic rings. The van der Waals surface area contributed by atoms with Crippen LogP contribution in [0.5, 0.6) is 0 Å². The summed E-state index contributed by atoms with van der Waals surface area (Å²) in [7, 11) is 2.19. The van der Waals surface area contributed by atoms with Crippen LogP contribution in [0.3, 0.4) is 0 Å². The predicted molar refractivity (Wildman–Crippen MR) is 71.8 cm³/mol. The van der Waals surface area contributed by atoms with E-state index in [0.29, 0.717) is 11.7 Å². The molecule has 1 saturated carbocycles. The zero-order valence-electron chi connectivity index (χ0n) is 11.3. The third kappa shape index (κ3) is 3.08. The summed E-state index contributed by atoms with van der Waals surface area (Å²) in [5, 5.41) is 8.86. The lowest BCUT2D eigenvalue weighted by Crippen LogP contribution is -2.38. The topological polar surface area (TPSA) is 39.9 Å². The van der Waals surface area contributed by atoms with Gasteiger partial charge in [0, 0.05) is 18.8 Å². The van der Waals surface area contributed by atoms with E-state index >= 15 is 0 Å². The second-order valence-electron chi connectivity index (χ2n) is 5.41. The molecule has 1 aromatic heterocycles. The van der Waals surface area contributed by atoms with Crippen LogP contribution >= 0.6 is 0 Å². The van der Waals surface area contributed by atoms with E-state index in [1.807, 2.05) is 12.1 Å². The maximum atomic E-state index is 8.86. The molecule has 0 amide bonds. The molecule has 1 aliphatic rings. The molecule has 0 radical (unpaired) electrons. The Bertz CT molecular complexity index is 436. The largest absolute Gasteiger partial charge is 0.299 e. The van der Waals surface area contributed by atoms with Crippen molar-refractivity contribution < 1.29 is 0 Å².